The minimum absolute atomic E-state index is 0.756. The Hall–Kier alpha value is -2.05. The number of ether oxygens (including phenoxy) is 1. The van der Waals surface area contributed by atoms with Gasteiger partial charge in [0.2, 0.25) is 0 Å². The standard InChI is InChI=1S/C18H20N4OS/c1-24-12-17-20-16(11-18(21-17)22-6-8-23-9-7-22)13-2-3-15-14(10-13)4-5-19-15/h2-5,10-11,19H,6-9,12H2,1H3. The molecular formula is C18H20N4OS. The molecule has 1 aliphatic heterocycles. The van der Waals surface area contributed by atoms with Crippen molar-refractivity contribution in [1.82, 2.24) is 15.0 Å². The molecule has 1 fully saturated rings. The molecule has 0 atom stereocenters. The molecule has 0 unspecified atom stereocenters. The second kappa shape index (κ2) is 6.83. The predicted octanol–water partition coefficient (Wildman–Crippen LogP) is 3.32. The first kappa shape index (κ1) is 15.5. The normalized spacial score (nSPS) is 15.1. The number of rotatable bonds is 4. The van der Waals surface area contributed by atoms with Gasteiger partial charge in [0.1, 0.15) is 11.6 Å². The lowest BCUT2D eigenvalue weighted by atomic mass is 10.1. The predicted molar refractivity (Wildman–Crippen MR) is 99.6 cm³/mol. The summed E-state index contributed by atoms with van der Waals surface area (Å²) in [4.78, 5) is 15.1. The third-order valence-corrected chi connectivity index (χ3v) is 4.76. The Morgan fingerprint density at radius 2 is 2.04 bits per heavy atom. The van der Waals surface area contributed by atoms with E-state index >= 15 is 0 Å². The van der Waals surface area contributed by atoms with Crippen molar-refractivity contribution in [2.24, 2.45) is 0 Å². The van der Waals surface area contributed by atoms with Crippen molar-refractivity contribution in [3.63, 3.8) is 0 Å². The maximum absolute atomic E-state index is 5.46. The number of hydrogen-bond donors (Lipinski definition) is 1. The molecule has 1 aromatic carbocycles. The summed E-state index contributed by atoms with van der Waals surface area (Å²) >= 11 is 1.74. The van der Waals surface area contributed by atoms with Crippen molar-refractivity contribution >= 4 is 28.5 Å². The summed E-state index contributed by atoms with van der Waals surface area (Å²) < 4.78 is 5.46. The third kappa shape index (κ3) is 3.12. The average Bonchev–Trinajstić information content (AvgIpc) is 3.10. The van der Waals surface area contributed by atoms with Crippen LogP contribution in [0.2, 0.25) is 0 Å². The highest BCUT2D eigenvalue weighted by Gasteiger charge is 2.15. The summed E-state index contributed by atoms with van der Waals surface area (Å²) in [7, 11) is 0. The van der Waals surface area contributed by atoms with E-state index in [0.29, 0.717) is 0 Å². The lowest BCUT2D eigenvalue weighted by Gasteiger charge is -2.28. The Balaban J connectivity index is 1.76. The van der Waals surface area contributed by atoms with Crippen molar-refractivity contribution in [3.05, 3.63) is 42.4 Å². The van der Waals surface area contributed by atoms with E-state index in [1.165, 1.54) is 5.39 Å². The van der Waals surface area contributed by atoms with Crippen LogP contribution in [0.15, 0.2) is 36.5 Å². The van der Waals surface area contributed by atoms with Gasteiger partial charge in [-0.25, -0.2) is 9.97 Å². The monoisotopic (exact) mass is 340 g/mol. The first-order valence-corrected chi connectivity index (χ1v) is 9.50. The molecule has 1 N–H and O–H groups in total. The van der Waals surface area contributed by atoms with E-state index in [-0.39, 0.29) is 0 Å². The van der Waals surface area contributed by atoms with Crippen LogP contribution in [0.3, 0.4) is 0 Å². The van der Waals surface area contributed by atoms with Crippen LogP contribution in [0.4, 0.5) is 5.82 Å². The van der Waals surface area contributed by atoms with E-state index in [9.17, 15) is 0 Å². The third-order valence-electron chi connectivity index (χ3n) is 4.22. The summed E-state index contributed by atoms with van der Waals surface area (Å²) in [6, 6.07) is 10.6. The molecule has 124 valence electrons. The molecule has 0 amide bonds. The minimum atomic E-state index is 0.756. The molecule has 2 aromatic heterocycles. The fourth-order valence-corrected chi connectivity index (χ4v) is 3.38. The number of benzene rings is 1. The van der Waals surface area contributed by atoms with E-state index in [1.807, 2.05) is 6.20 Å². The van der Waals surface area contributed by atoms with Crippen molar-refractivity contribution in [1.29, 1.82) is 0 Å². The highest BCUT2D eigenvalue weighted by molar-refractivity contribution is 7.97. The van der Waals surface area contributed by atoms with E-state index in [1.54, 1.807) is 11.8 Å². The Morgan fingerprint density at radius 3 is 2.88 bits per heavy atom. The molecule has 0 aliphatic carbocycles. The Morgan fingerprint density at radius 1 is 1.17 bits per heavy atom. The van der Waals surface area contributed by atoms with E-state index < -0.39 is 0 Å². The molecule has 4 rings (SSSR count). The number of H-pyrrole nitrogens is 1. The van der Waals surface area contributed by atoms with E-state index in [4.69, 9.17) is 14.7 Å². The zero-order chi connectivity index (χ0) is 16.4. The molecule has 24 heavy (non-hydrogen) atoms. The summed E-state index contributed by atoms with van der Waals surface area (Å²) in [5.41, 5.74) is 3.26. The number of hydrogen-bond acceptors (Lipinski definition) is 5. The van der Waals surface area contributed by atoms with Gasteiger partial charge in [0.05, 0.1) is 24.7 Å². The average molecular weight is 340 g/mol. The lowest BCUT2D eigenvalue weighted by Crippen LogP contribution is -2.37. The fourth-order valence-electron chi connectivity index (χ4n) is 2.99. The Labute approximate surface area is 145 Å². The smallest absolute Gasteiger partial charge is 0.141 e. The second-order valence-electron chi connectivity index (χ2n) is 5.84. The first-order chi connectivity index (χ1) is 11.8. The zero-order valence-electron chi connectivity index (χ0n) is 13.7. The molecule has 3 aromatic rings. The number of fused-ring (bicyclic) bond motifs is 1. The van der Waals surface area contributed by atoms with Gasteiger partial charge in [-0.05, 0) is 24.5 Å². The number of aromatic amines is 1. The van der Waals surface area contributed by atoms with Crippen LogP contribution in [0.1, 0.15) is 5.82 Å². The molecule has 0 radical (unpaired) electrons. The number of nitrogens with zero attached hydrogens (tertiary/aromatic N) is 3. The van der Waals surface area contributed by atoms with Gasteiger partial charge in [-0.15, -0.1) is 0 Å². The van der Waals surface area contributed by atoms with Crippen LogP contribution in [0.5, 0.6) is 0 Å². The van der Waals surface area contributed by atoms with Gasteiger partial charge in [-0.2, -0.15) is 11.8 Å². The van der Waals surface area contributed by atoms with Crippen LogP contribution in [0.25, 0.3) is 22.2 Å². The van der Waals surface area contributed by atoms with Gasteiger partial charge < -0.3 is 14.6 Å². The molecule has 6 heteroatoms. The molecule has 1 saturated heterocycles. The highest BCUT2D eigenvalue weighted by Crippen LogP contribution is 2.26. The number of thioether (sulfide) groups is 1. The quantitative estimate of drug-likeness (QED) is 0.789. The van der Waals surface area contributed by atoms with Crippen LogP contribution in [-0.4, -0.2) is 47.5 Å². The molecule has 0 bridgehead atoms. The maximum atomic E-state index is 5.46. The van der Waals surface area contributed by atoms with Crippen LogP contribution in [-0.2, 0) is 10.5 Å². The van der Waals surface area contributed by atoms with Crippen molar-refractivity contribution in [3.8, 4) is 11.3 Å². The van der Waals surface area contributed by atoms with Crippen molar-refractivity contribution in [2.75, 3.05) is 37.5 Å². The largest absolute Gasteiger partial charge is 0.378 e. The van der Waals surface area contributed by atoms with Gasteiger partial charge in [0.25, 0.3) is 0 Å². The van der Waals surface area contributed by atoms with E-state index in [2.05, 4.69) is 46.5 Å². The number of morpholine rings is 1. The number of aromatic nitrogens is 3. The van der Waals surface area contributed by atoms with Gasteiger partial charge in [-0.3, -0.25) is 0 Å². The summed E-state index contributed by atoms with van der Waals surface area (Å²) in [6.45, 7) is 3.27. The van der Waals surface area contributed by atoms with E-state index in [0.717, 1.165) is 60.5 Å². The molecule has 3 heterocycles. The molecule has 5 nitrogen and oxygen atoms in total. The zero-order valence-corrected chi connectivity index (χ0v) is 14.5. The topological polar surface area (TPSA) is 54.0 Å². The highest BCUT2D eigenvalue weighted by atomic mass is 32.2. The van der Waals surface area contributed by atoms with Gasteiger partial charge in [-0.1, -0.05) is 6.07 Å². The van der Waals surface area contributed by atoms with Crippen molar-refractivity contribution in [2.45, 2.75) is 5.75 Å². The maximum Gasteiger partial charge on any atom is 0.141 e. The van der Waals surface area contributed by atoms with Crippen LogP contribution >= 0.6 is 11.8 Å². The summed E-state index contributed by atoms with van der Waals surface area (Å²) in [6.07, 6.45) is 4.04. The lowest BCUT2D eigenvalue weighted by molar-refractivity contribution is 0.122. The molecule has 1 aliphatic rings. The van der Waals surface area contributed by atoms with Gasteiger partial charge >= 0.3 is 0 Å². The fraction of sp³-hybridized carbons (Fsp3) is 0.333. The van der Waals surface area contributed by atoms with Crippen LogP contribution in [0, 0.1) is 0 Å². The minimum Gasteiger partial charge on any atom is -0.378 e. The van der Waals surface area contributed by atoms with Crippen molar-refractivity contribution < 1.29 is 4.74 Å². The summed E-state index contributed by atoms with van der Waals surface area (Å²) in [5.74, 6) is 2.70. The SMILES string of the molecule is CSCc1nc(-c2ccc3[nH]ccc3c2)cc(N2CCOCC2)n1. The summed E-state index contributed by atoms with van der Waals surface area (Å²) in [5, 5.41) is 1.20. The van der Waals surface area contributed by atoms with Gasteiger partial charge in [0.15, 0.2) is 0 Å². The Bertz CT molecular complexity index is 842. The first-order valence-electron chi connectivity index (χ1n) is 8.10. The van der Waals surface area contributed by atoms with Gasteiger partial charge in [0, 0.05) is 41.8 Å². The molecular weight excluding hydrogens is 320 g/mol. The van der Waals surface area contributed by atoms with Crippen LogP contribution < -0.4 is 4.90 Å². The Kier molecular flexibility index (Phi) is 4.40. The molecule has 0 spiro atoms. The number of anilines is 1. The molecule has 0 saturated carbocycles. The number of nitrogens with one attached hydrogen (secondary N) is 1. The second-order valence-corrected chi connectivity index (χ2v) is 6.71.